The highest BCUT2D eigenvalue weighted by atomic mass is 32.1. The lowest BCUT2D eigenvalue weighted by atomic mass is 10.1. The minimum atomic E-state index is -0.493. The number of nitrogens with zero attached hydrogens (tertiary/aromatic N) is 1. The highest BCUT2D eigenvalue weighted by molar-refractivity contribution is 7.17. The van der Waals surface area contributed by atoms with Gasteiger partial charge in [0, 0.05) is 6.07 Å². The lowest BCUT2D eigenvalue weighted by Gasteiger charge is -2.04. The predicted molar refractivity (Wildman–Crippen MR) is 102 cm³/mol. The van der Waals surface area contributed by atoms with Gasteiger partial charge in [0.1, 0.15) is 4.88 Å². The number of nitro groups is 1. The molecule has 0 aliphatic heterocycles. The number of esters is 1. The molecule has 0 bridgehead atoms. The van der Waals surface area contributed by atoms with Crippen LogP contribution in [0.4, 0.5) is 5.00 Å². The van der Waals surface area contributed by atoms with Crippen LogP contribution in [0.3, 0.4) is 0 Å². The summed E-state index contributed by atoms with van der Waals surface area (Å²) in [7, 11) is 0. The van der Waals surface area contributed by atoms with Crippen molar-refractivity contribution in [3.05, 3.63) is 27.1 Å². The number of rotatable bonds is 15. The summed E-state index contributed by atoms with van der Waals surface area (Å²) in [4.78, 5) is 22.1. The zero-order chi connectivity index (χ0) is 18.3. The Balaban J connectivity index is 1.91. The molecule has 25 heavy (non-hydrogen) atoms. The van der Waals surface area contributed by atoms with Crippen molar-refractivity contribution >= 4 is 22.3 Å². The van der Waals surface area contributed by atoms with Crippen LogP contribution < -0.4 is 0 Å². The van der Waals surface area contributed by atoms with Crippen molar-refractivity contribution in [2.24, 2.45) is 0 Å². The summed E-state index contributed by atoms with van der Waals surface area (Å²) in [5, 5.41) is 10.6. The van der Waals surface area contributed by atoms with Gasteiger partial charge >= 0.3 is 11.0 Å². The quantitative estimate of drug-likeness (QED) is 0.153. The third-order valence-corrected chi connectivity index (χ3v) is 5.22. The molecule has 0 aliphatic carbocycles. The van der Waals surface area contributed by atoms with Crippen LogP contribution >= 0.6 is 11.3 Å². The Bertz CT molecular complexity index is 501. The minimum absolute atomic E-state index is 0.0303. The second-order valence-electron chi connectivity index (χ2n) is 6.42. The molecule has 6 heteroatoms. The van der Waals surface area contributed by atoms with Gasteiger partial charge in [0.2, 0.25) is 0 Å². The Hall–Kier alpha value is -1.43. The first-order valence-electron chi connectivity index (χ1n) is 9.56. The number of carbonyl (C=O) groups is 1. The average Bonchev–Trinajstić information content (AvgIpc) is 3.09. The van der Waals surface area contributed by atoms with Crippen LogP contribution in [0.25, 0.3) is 0 Å². The lowest BCUT2D eigenvalue weighted by molar-refractivity contribution is -0.380. The summed E-state index contributed by atoms with van der Waals surface area (Å²) in [6.45, 7) is 2.64. The Labute approximate surface area is 154 Å². The van der Waals surface area contributed by atoms with E-state index in [4.69, 9.17) is 4.74 Å². The van der Waals surface area contributed by atoms with E-state index in [-0.39, 0.29) is 5.00 Å². The fourth-order valence-electron chi connectivity index (χ4n) is 2.71. The van der Waals surface area contributed by atoms with Gasteiger partial charge in [0.05, 0.1) is 11.5 Å². The molecule has 0 radical (unpaired) electrons. The fourth-order valence-corrected chi connectivity index (χ4v) is 3.43. The molecule has 0 saturated carbocycles. The predicted octanol–water partition coefficient (Wildman–Crippen LogP) is 6.51. The van der Waals surface area contributed by atoms with Gasteiger partial charge in [-0.15, -0.1) is 0 Å². The highest BCUT2D eigenvalue weighted by Gasteiger charge is 2.15. The molecule has 1 aromatic rings. The summed E-state index contributed by atoms with van der Waals surface area (Å²) >= 11 is 0.861. The molecule has 0 atom stereocenters. The fraction of sp³-hybridized carbons (Fsp3) is 0.737. The smallest absolute Gasteiger partial charge is 0.348 e. The van der Waals surface area contributed by atoms with Crippen molar-refractivity contribution in [3.63, 3.8) is 0 Å². The largest absolute Gasteiger partial charge is 0.462 e. The second kappa shape index (κ2) is 13.8. The molecule has 0 spiro atoms. The van der Waals surface area contributed by atoms with Gasteiger partial charge in [0.15, 0.2) is 0 Å². The Morgan fingerprint density at radius 3 is 1.96 bits per heavy atom. The van der Waals surface area contributed by atoms with Gasteiger partial charge in [-0.25, -0.2) is 4.79 Å². The summed E-state index contributed by atoms with van der Waals surface area (Å²) in [5.41, 5.74) is 0. The lowest BCUT2D eigenvalue weighted by Crippen LogP contribution is -2.04. The maximum absolute atomic E-state index is 11.7. The van der Waals surface area contributed by atoms with Gasteiger partial charge in [-0.05, 0) is 12.5 Å². The number of hydrogen-bond acceptors (Lipinski definition) is 5. The molecular formula is C19H31NO4S. The van der Waals surface area contributed by atoms with E-state index in [1.807, 2.05) is 0 Å². The van der Waals surface area contributed by atoms with Gasteiger partial charge < -0.3 is 4.74 Å². The third kappa shape index (κ3) is 10.2. The molecule has 0 aliphatic rings. The monoisotopic (exact) mass is 369 g/mol. The van der Waals surface area contributed by atoms with Crippen molar-refractivity contribution in [2.75, 3.05) is 6.61 Å². The molecule has 142 valence electrons. The first-order valence-corrected chi connectivity index (χ1v) is 10.4. The van der Waals surface area contributed by atoms with E-state index in [9.17, 15) is 14.9 Å². The topological polar surface area (TPSA) is 69.4 Å². The van der Waals surface area contributed by atoms with E-state index >= 15 is 0 Å². The second-order valence-corrected chi connectivity index (χ2v) is 7.48. The standard InChI is InChI=1S/C19H31NO4S/c1-2-3-4-5-6-7-8-9-10-11-12-13-16-24-19(21)17-14-15-18(25-17)20(22)23/h14-15H,2-13,16H2,1H3. The number of carbonyl (C=O) groups excluding carboxylic acids is 1. The molecule has 1 rings (SSSR count). The van der Waals surface area contributed by atoms with E-state index in [0.29, 0.717) is 11.5 Å². The number of hydrogen-bond donors (Lipinski definition) is 0. The van der Waals surface area contributed by atoms with Gasteiger partial charge in [-0.3, -0.25) is 10.1 Å². The first-order chi connectivity index (χ1) is 12.1. The van der Waals surface area contributed by atoms with Crippen molar-refractivity contribution in [1.82, 2.24) is 0 Å². The molecule has 0 aromatic carbocycles. The van der Waals surface area contributed by atoms with E-state index in [2.05, 4.69) is 6.92 Å². The SMILES string of the molecule is CCCCCCCCCCCCCCOC(=O)c1ccc([N+](=O)[O-])s1. The normalized spacial score (nSPS) is 10.8. The third-order valence-electron chi connectivity index (χ3n) is 4.20. The molecule has 0 saturated heterocycles. The number of unbranched alkanes of at least 4 members (excludes halogenated alkanes) is 11. The molecule has 1 heterocycles. The average molecular weight is 370 g/mol. The molecule has 5 nitrogen and oxygen atoms in total. The maximum atomic E-state index is 11.7. The van der Waals surface area contributed by atoms with Crippen LogP contribution in [0.5, 0.6) is 0 Å². The Morgan fingerprint density at radius 1 is 0.960 bits per heavy atom. The van der Waals surface area contributed by atoms with Gasteiger partial charge in [0.25, 0.3) is 0 Å². The van der Waals surface area contributed by atoms with E-state index in [1.165, 1.54) is 76.3 Å². The molecule has 0 fully saturated rings. The maximum Gasteiger partial charge on any atom is 0.348 e. The summed E-state index contributed by atoms with van der Waals surface area (Å²) in [6.07, 6.45) is 15.1. The zero-order valence-electron chi connectivity index (χ0n) is 15.3. The van der Waals surface area contributed by atoms with Crippen molar-refractivity contribution in [1.29, 1.82) is 0 Å². The Morgan fingerprint density at radius 2 is 1.48 bits per heavy atom. The molecule has 0 unspecified atom stereocenters. The van der Waals surface area contributed by atoms with Gasteiger partial charge in [-0.2, -0.15) is 0 Å². The molecule has 0 amide bonds. The van der Waals surface area contributed by atoms with Crippen molar-refractivity contribution in [3.8, 4) is 0 Å². The first kappa shape index (κ1) is 21.6. The zero-order valence-corrected chi connectivity index (χ0v) is 16.2. The van der Waals surface area contributed by atoms with E-state index in [1.54, 1.807) is 0 Å². The van der Waals surface area contributed by atoms with Gasteiger partial charge in [-0.1, -0.05) is 88.9 Å². The minimum Gasteiger partial charge on any atom is -0.462 e. The number of thiophene rings is 1. The van der Waals surface area contributed by atoms with E-state index < -0.39 is 10.9 Å². The van der Waals surface area contributed by atoms with Crippen LogP contribution in [0.15, 0.2) is 12.1 Å². The summed E-state index contributed by atoms with van der Waals surface area (Å²) < 4.78 is 5.16. The van der Waals surface area contributed by atoms with Crippen molar-refractivity contribution < 1.29 is 14.5 Å². The number of ether oxygens (including phenoxy) is 1. The van der Waals surface area contributed by atoms with Crippen LogP contribution in [0.1, 0.15) is 93.6 Å². The van der Waals surface area contributed by atoms with Crippen molar-refractivity contribution in [2.45, 2.75) is 84.0 Å². The van der Waals surface area contributed by atoms with Crippen LogP contribution in [-0.4, -0.2) is 17.5 Å². The highest BCUT2D eigenvalue weighted by Crippen LogP contribution is 2.24. The molecule has 1 aromatic heterocycles. The van der Waals surface area contributed by atoms with Crippen LogP contribution in [-0.2, 0) is 4.74 Å². The summed E-state index contributed by atoms with van der Waals surface area (Å²) in [6, 6.07) is 2.79. The molecule has 0 N–H and O–H groups in total. The van der Waals surface area contributed by atoms with Crippen LogP contribution in [0, 0.1) is 10.1 Å². The van der Waals surface area contributed by atoms with Crippen LogP contribution in [0.2, 0.25) is 0 Å². The van der Waals surface area contributed by atoms with E-state index in [0.717, 1.165) is 24.2 Å². The molecular weight excluding hydrogens is 338 g/mol. The summed E-state index contributed by atoms with van der Waals surface area (Å²) in [5.74, 6) is -0.457. The Kier molecular flexibility index (Phi) is 11.9.